The zero-order valence-corrected chi connectivity index (χ0v) is 28.5. The van der Waals surface area contributed by atoms with Crippen LogP contribution < -0.4 is 26.7 Å². The summed E-state index contributed by atoms with van der Waals surface area (Å²) in [5.41, 5.74) is 4.70. The molecule has 282 valence electrons. The number of nitrogens with one attached hydrogen (secondary N) is 2. The molecule has 0 atom stereocenters. The number of ether oxygens (including phenoxy) is 8. The van der Waals surface area contributed by atoms with Crippen LogP contribution in [0.4, 0.5) is 0 Å². The molecule has 2 rings (SSSR count). The molecule has 17 heteroatoms. The van der Waals surface area contributed by atoms with Crippen LogP contribution in [0, 0.1) is 0 Å². The second kappa shape index (κ2) is 28.1. The normalized spacial score (nSPS) is 11.1. The fraction of sp³-hybridized carbons (Fsp3) is 0.636. The summed E-state index contributed by atoms with van der Waals surface area (Å²) in [6.45, 7) is 6.41. The standard InChI is InChI=1S/C33H51N3O14/c34-6-1-9-42-13-17-46-18-14-43-10-2-7-36-32(40)28-23-26-3-4-27(24-29(26)50-33(28)41)49-25-30(37)35-8-12-45-16-20-48-22-21-47-19-15-44-11-5-31(38)39/h3-4,23-24H,1-2,5-22,25,34H2,(H,35,37)(H,36,40)(H,38,39). The van der Waals surface area contributed by atoms with Gasteiger partial charge in [-0.25, -0.2) is 4.79 Å². The molecule has 0 aliphatic carbocycles. The molecule has 1 heterocycles. The Morgan fingerprint density at radius 2 is 1.24 bits per heavy atom. The molecule has 0 radical (unpaired) electrons. The Hall–Kier alpha value is -3.68. The predicted molar refractivity (Wildman–Crippen MR) is 180 cm³/mol. The molecule has 0 spiro atoms. The van der Waals surface area contributed by atoms with Gasteiger partial charge in [-0.2, -0.15) is 0 Å². The maximum Gasteiger partial charge on any atom is 0.349 e. The third-order valence-corrected chi connectivity index (χ3v) is 6.45. The number of nitrogens with two attached hydrogens (primary N) is 1. The number of benzene rings is 1. The van der Waals surface area contributed by atoms with E-state index in [0.29, 0.717) is 110 Å². The highest BCUT2D eigenvalue weighted by Crippen LogP contribution is 2.20. The van der Waals surface area contributed by atoms with Crippen LogP contribution in [-0.2, 0) is 42.7 Å². The Morgan fingerprint density at radius 1 is 0.680 bits per heavy atom. The van der Waals surface area contributed by atoms with E-state index in [1.807, 2.05) is 0 Å². The lowest BCUT2D eigenvalue weighted by atomic mass is 10.1. The van der Waals surface area contributed by atoms with Crippen molar-refractivity contribution >= 4 is 28.8 Å². The maximum atomic E-state index is 12.6. The summed E-state index contributed by atoms with van der Waals surface area (Å²) in [6, 6.07) is 6.17. The molecule has 0 aliphatic rings. The van der Waals surface area contributed by atoms with Crippen LogP contribution in [0.15, 0.2) is 33.5 Å². The van der Waals surface area contributed by atoms with Gasteiger partial charge in [0.1, 0.15) is 16.9 Å². The first-order valence-corrected chi connectivity index (χ1v) is 16.6. The summed E-state index contributed by atoms with van der Waals surface area (Å²) in [6.07, 6.45) is 1.34. The van der Waals surface area contributed by atoms with Gasteiger partial charge in [0, 0.05) is 37.8 Å². The van der Waals surface area contributed by atoms with Gasteiger partial charge in [-0.1, -0.05) is 0 Å². The lowest BCUT2D eigenvalue weighted by molar-refractivity contribution is -0.138. The maximum absolute atomic E-state index is 12.6. The number of fused-ring (bicyclic) bond motifs is 1. The fourth-order valence-corrected chi connectivity index (χ4v) is 3.92. The predicted octanol–water partition coefficient (Wildman–Crippen LogP) is 0.348. The van der Waals surface area contributed by atoms with E-state index in [4.69, 9.17) is 53.2 Å². The Bertz CT molecular complexity index is 1290. The highest BCUT2D eigenvalue weighted by molar-refractivity contribution is 5.96. The molecule has 0 saturated heterocycles. The number of carbonyl (C=O) groups is 3. The largest absolute Gasteiger partial charge is 0.484 e. The van der Waals surface area contributed by atoms with Crippen molar-refractivity contribution in [1.82, 2.24) is 10.6 Å². The molecule has 0 unspecified atom stereocenters. The van der Waals surface area contributed by atoms with Gasteiger partial charge in [0.05, 0.1) is 85.7 Å². The van der Waals surface area contributed by atoms with Gasteiger partial charge < -0.3 is 63.8 Å². The van der Waals surface area contributed by atoms with Crippen molar-refractivity contribution in [3.63, 3.8) is 0 Å². The lowest BCUT2D eigenvalue weighted by Gasteiger charge is -2.09. The molecule has 1 aromatic carbocycles. The number of hydrogen-bond acceptors (Lipinski definition) is 14. The minimum Gasteiger partial charge on any atom is -0.484 e. The highest BCUT2D eigenvalue weighted by atomic mass is 16.6. The molecule has 50 heavy (non-hydrogen) atoms. The van der Waals surface area contributed by atoms with Gasteiger partial charge in [-0.3, -0.25) is 14.4 Å². The minimum absolute atomic E-state index is 0.0365. The molecule has 2 aromatic rings. The van der Waals surface area contributed by atoms with E-state index in [0.717, 1.165) is 6.42 Å². The lowest BCUT2D eigenvalue weighted by Crippen LogP contribution is -2.32. The smallest absolute Gasteiger partial charge is 0.349 e. The molecular weight excluding hydrogens is 662 g/mol. The van der Waals surface area contributed by atoms with E-state index in [2.05, 4.69) is 10.6 Å². The van der Waals surface area contributed by atoms with Crippen molar-refractivity contribution in [2.45, 2.75) is 19.3 Å². The minimum atomic E-state index is -0.903. The fourth-order valence-electron chi connectivity index (χ4n) is 3.92. The van der Waals surface area contributed by atoms with Gasteiger partial charge in [-0.15, -0.1) is 0 Å². The number of amides is 2. The molecule has 2 amide bonds. The van der Waals surface area contributed by atoms with Gasteiger partial charge in [0.15, 0.2) is 6.61 Å². The molecule has 5 N–H and O–H groups in total. The first-order valence-electron chi connectivity index (χ1n) is 16.6. The van der Waals surface area contributed by atoms with Crippen molar-refractivity contribution < 1.29 is 61.8 Å². The van der Waals surface area contributed by atoms with Gasteiger partial charge in [0.2, 0.25) is 0 Å². The highest BCUT2D eigenvalue weighted by Gasteiger charge is 2.14. The van der Waals surface area contributed by atoms with Crippen molar-refractivity contribution in [3.05, 3.63) is 40.2 Å². The van der Waals surface area contributed by atoms with E-state index < -0.39 is 17.5 Å². The van der Waals surface area contributed by atoms with E-state index >= 15 is 0 Å². The Morgan fingerprint density at radius 3 is 1.84 bits per heavy atom. The summed E-state index contributed by atoms with van der Waals surface area (Å²) in [4.78, 5) is 47.5. The SMILES string of the molecule is NCCCOCCOCCOCCCNC(=O)c1cc2ccc(OCC(=O)NCCOCCOCCOCCOCCC(=O)O)cc2oc1=O. The molecule has 17 nitrogen and oxygen atoms in total. The van der Waals surface area contributed by atoms with Crippen molar-refractivity contribution in [3.8, 4) is 5.75 Å². The van der Waals surface area contributed by atoms with Crippen LogP contribution in [0.5, 0.6) is 5.75 Å². The van der Waals surface area contributed by atoms with Crippen molar-refractivity contribution in [2.24, 2.45) is 5.73 Å². The molecule has 1 aromatic heterocycles. The van der Waals surface area contributed by atoms with Crippen molar-refractivity contribution in [2.75, 3.05) is 119 Å². The van der Waals surface area contributed by atoms with Crippen LogP contribution in [0.2, 0.25) is 0 Å². The summed E-state index contributed by atoms with van der Waals surface area (Å²) < 4.78 is 48.3. The van der Waals surface area contributed by atoms with Crippen LogP contribution in [-0.4, -0.2) is 142 Å². The van der Waals surface area contributed by atoms with Crippen LogP contribution >= 0.6 is 0 Å². The molecule has 0 saturated carbocycles. The van der Waals surface area contributed by atoms with E-state index in [9.17, 15) is 19.2 Å². The summed E-state index contributed by atoms with van der Waals surface area (Å²) >= 11 is 0. The third-order valence-electron chi connectivity index (χ3n) is 6.45. The van der Waals surface area contributed by atoms with Crippen LogP contribution in [0.25, 0.3) is 11.0 Å². The van der Waals surface area contributed by atoms with E-state index in [-0.39, 0.29) is 49.8 Å². The van der Waals surface area contributed by atoms with Crippen molar-refractivity contribution in [1.29, 1.82) is 0 Å². The Kier molecular flexibility index (Phi) is 23.8. The number of hydrogen-bond donors (Lipinski definition) is 4. The third kappa shape index (κ3) is 20.7. The number of aliphatic carboxylic acids is 1. The second-order valence-electron chi connectivity index (χ2n) is 10.5. The van der Waals surface area contributed by atoms with Crippen LogP contribution in [0.3, 0.4) is 0 Å². The first-order chi connectivity index (χ1) is 24.4. The Balaban J connectivity index is 1.52. The van der Waals surface area contributed by atoms with E-state index in [1.165, 1.54) is 12.1 Å². The quantitative estimate of drug-likeness (QED) is 0.0593. The average molecular weight is 714 g/mol. The van der Waals surface area contributed by atoms with E-state index in [1.54, 1.807) is 12.1 Å². The van der Waals surface area contributed by atoms with Gasteiger partial charge in [0.25, 0.3) is 11.8 Å². The monoisotopic (exact) mass is 713 g/mol. The molecule has 0 aliphatic heterocycles. The number of carboxylic acid groups (broad SMARTS) is 1. The average Bonchev–Trinajstić information content (AvgIpc) is 3.10. The Labute approximate surface area is 290 Å². The van der Waals surface area contributed by atoms with Gasteiger partial charge in [-0.05, 0) is 37.6 Å². The molecule has 0 fully saturated rings. The number of carboxylic acids is 1. The first kappa shape index (κ1) is 42.5. The summed E-state index contributed by atoms with van der Waals surface area (Å²) in [5, 5.41) is 14.4. The zero-order chi connectivity index (χ0) is 36.1. The van der Waals surface area contributed by atoms with Gasteiger partial charge >= 0.3 is 11.6 Å². The number of rotatable bonds is 32. The topological polar surface area (TPSA) is 226 Å². The van der Waals surface area contributed by atoms with Crippen LogP contribution in [0.1, 0.15) is 29.6 Å². The summed E-state index contributed by atoms with van der Waals surface area (Å²) in [7, 11) is 0. The molecular formula is C33H51N3O14. The second-order valence-corrected chi connectivity index (χ2v) is 10.5. The zero-order valence-electron chi connectivity index (χ0n) is 28.5. The molecule has 0 bridgehead atoms. The number of carbonyl (C=O) groups excluding carboxylic acids is 2. The summed E-state index contributed by atoms with van der Waals surface area (Å²) in [5.74, 6) is -1.50.